The molecule has 1 fully saturated rings. The maximum absolute atomic E-state index is 5.55. The first-order valence-electron chi connectivity index (χ1n) is 5.65. The Balaban J connectivity index is 1.60. The van der Waals surface area contributed by atoms with Crippen LogP contribution in [-0.4, -0.2) is 28.7 Å². The quantitative estimate of drug-likeness (QED) is 0.604. The molecule has 90 valence electrons. The molecule has 6 heteroatoms. The van der Waals surface area contributed by atoms with Crippen molar-refractivity contribution in [1.29, 1.82) is 0 Å². The Morgan fingerprint density at radius 2 is 2.38 bits per heavy atom. The second kappa shape index (κ2) is 6.22. The van der Waals surface area contributed by atoms with Gasteiger partial charge in [-0.15, -0.1) is 10.2 Å². The molecular formula is C10H17N3O2S. The van der Waals surface area contributed by atoms with E-state index in [1.807, 2.05) is 0 Å². The third-order valence-electron chi connectivity index (χ3n) is 2.54. The molecule has 16 heavy (non-hydrogen) atoms. The molecule has 2 N–H and O–H groups in total. The van der Waals surface area contributed by atoms with Gasteiger partial charge in [0.05, 0.1) is 12.6 Å². The van der Waals surface area contributed by atoms with Gasteiger partial charge in [0.25, 0.3) is 5.22 Å². The molecule has 0 amide bonds. The van der Waals surface area contributed by atoms with Crippen LogP contribution in [0.2, 0.25) is 0 Å². The summed E-state index contributed by atoms with van der Waals surface area (Å²) in [6, 6.07) is 0. The number of nitrogens with two attached hydrogens (primary N) is 1. The predicted octanol–water partition coefficient (Wildman–Crippen LogP) is 1.58. The molecule has 0 bridgehead atoms. The molecule has 1 atom stereocenters. The molecule has 0 saturated carbocycles. The van der Waals surface area contributed by atoms with E-state index in [1.165, 1.54) is 12.8 Å². The molecule has 5 nitrogen and oxygen atoms in total. The lowest BCUT2D eigenvalue weighted by molar-refractivity contribution is 0.104. The van der Waals surface area contributed by atoms with Crippen molar-refractivity contribution in [3.8, 4) is 0 Å². The second-order valence-electron chi connectivity index (χ2n) is 3.79. The molecule has 1 saturated heterocycles. The van der Waals surface area contributed by atoms with E-state index in [1.54, 1.807) is 11.8 Å². The Bertz CT molecular complexity index is 313. The zero-order valence-electron chi connectivity index (χ0n) is 9.22. The molecule has 1 aliphatic rings. The van der Waals surface area contributed by atoms with Crippen molar-refractivity contribution in [2.75, 3.05) is 12.4 Å². The third-order valence-corrected chi connectivity index (χ3v) is 3.45. The first-order valence-corrected chi connectivity index (χ1v) is 6.64. The molecule has 1 aliphatic heterocycles. The summed E-state index contributed by atoms with van der Waals surface area (Å²) in [7, 11) is 0. The number of thioether (sulfide) groups is 1. The molecule has 2 rings (SSSR count). The van der Waals surface area contributed by atoms with Crippen LogP contribution in [0, 0.1) is 0 Å². The van der Waals surface area contributed by atoms with Crippen LogP contribution in [0.5, 0.6) is 0 Å². The van der Waals surface area contributed by atoms with Gasteiger partial charge in [0, 0.05) is 12.4 Å². The topological polar surface area (TPSA) is 74.2 Å². The van der Waals surface area contributed by atoms with E-state index in [9.17, 15) is 0 Å². The van der Waals surface area contributed by atoms with Crippen molar-refractivity contribution in [2.45, 2.75) is 43.6 Å². The zero-order chi connectivity index (χ0) is 11.2. The number of rotatable bonds is 6. The lowest BCUT2D eigenvalue weighted by Gasteiger charge is -2.07. The van der Waals surface area contributed by atoms with Crippen LogP contribution >= 0.6 is 11.8 Å². The van der Waals surface area contributed by atoms with E-state index in [0.717, 1.165) is 25.2 Å². The van der Waals surface area contributed by atoms with Gasteiger partial charge in [0.15, 0.2) is 0 Å². The number of hydrogen-bond donors (Lipinski definition) is 1. The lowest BCUT2D eigenvalue weighted by atomic mass is 10.1. The van der Waals surface area contributed by atoms with E-state index < -0.39 is 0 Å². The minimum atomic E-state index is 0.309. The molecule has 0 radical (unpaired) electrons. The van der Waals surface area contributed by atoms with E-state index >= 15 is 0 Å². The largest absolute Gasteiger partial charge is 0.415 e. The highest BCUT2D eigenvalue weighted by Crippen LogP contribution is 2.21. The van der Waals surface area contributed by atoms with Crippen LogP contribution in [0.1, 0.15) is 31.6 Å². The monoisotopic (exact) mass is 243 g/mol. The van der Waals surface area contributed by atoms with Gasteiger partial charge in [-0.3, -0.25) is 0 Å². The SMILES string of the molecule is NCc1nnc(SCCCC2CCCO2)o1. The van der Waals surface area contributed by atoms with E-state index in [4.69, 9.17) is 14.9 Å². The number of ether oxygens (including phenoxy) is 1. The molecule has 0 spiro atoms. The summed E-state index contributed by atoms with van der Waals surface area (Å²) >= 11 is 1.59. The fourth-order valence-electron chi connectivity index (χ4n) is 1.72. The van der Waals surface area contributed by atoms with E-state index in [-0.39, 0.29) is 0 Å². The normalized spacial score (nSPS) is 20.4. The van der Waals surface area contributed by atoms with Crippen molar-refractivity contribution in [1.82, 2.24) is 10.2 Å². The molecule has 1 aromatic heterocycles. The summed E-state index contributed by atoms with van der Waals surface area (Å²) in [5.74, 6) is 1.49. The first-order chi connectivity index (χ1) is 7.88. The Morgan fingerprint density at radius 1 is 1.44 bits per heavy atom. The second-order valence-corrected chi connectivity index (χ2v) is 4.84. The van der Waals surface area contributed by atoms with Gasteiger partial charge in [-0.1, -0.05) is 11.8 Å². The van der Waals surface area contributed by atoms with Gasteiger partial charge in [-0.25, -0.2) is 0 Å². The van der Waals surface area contributed by atoms with Crippen LogP contribution in [0.3, 0.4) is 0 Å². The minimum absolute atomic E-state index is 0.309. The summed E-state index contributed by atoms with van der Waals surface area (Å²) in [6.45, 7) is 1.24. The standard InChI is InChI=1S/C10H17N3O2S/c11-7-9-12-13-10(15-9)16-6-2-4-8-3-1-5-14-8/h8H,1-7,11H2. The average molecular weight is 243 g/mol. The molecule has 0 aliphatic carbocycles. The summed E-state index contributed by atoms with van der Waals surface area (Å²) < 4.78 is 10.8. The van der Waals surface area contributed by atoms with E-state index in [0.29, 0.717) is 23.8 Å². The molecule has 0 aromatic carbocycles. The van der Waals surface area contributed by atoms with Gasteiger partial charge in [-0.05, 0) is 25.7 Å². The van der Waals surface area contributed by atoms with Crippen molar-refractivity contribution < 1.29 is 9.15 Å². The van der Waals surface area contributed by atoms with Gasteiger partial charge in [-0.2, -0.15) is 0 Å². The van der Waals surface area contributed by atoms with Crippen LogP contribution < -0.4 is 5.73 Å². The average Bonchev–Trinajstić information content (AvgIpc) is 2.95. The highest BCUT2D eigenvalue weighted by Gasteiger charge is 2.14. The van der Waals surface area contributed by atoms with Crippen LogP contribution in [0.15, 0.2) is 9.64 Å². The van der Waals surface area contributed by atoms with Crippen molar-refractivity contribution >= 4 is 11.8 Å². The Morgan fingerprint density at radius 3 is 3.06 bits per heavy atom. The number of hydrogen-bond acceptors (Lipinski definition) is 6. The van der Waals surface area contributed by atoms with Crippen LogP contribution in [0.25, 0.3) is 0 Å². The lowest BCUT2D eigenvalue weighted by Crippen LogP contribution is -2.04. The number of nitrogens with zero attached hydrogens (tertiary/aromatic N) is 2. The Kier molecular flexibility index (Phi) is 4.62. The fourth-order valence-corrected chi connectivity index (χ4v) is 2.46. The van der Waals surface area contributed by atoms with E-state index in [2.05, 4.69) is 10.2 Å². The maximum Gasteiger partial charge on any atom is 0.276 e. The smallest absolute Gasteiger partial charge is 0.276 e. The predicted molar refractivity (Wildman–Crippen MR) is 61.1 cm³/mol. The summed E-state index contributed by atoms with van der Waals surface area (Å²) in [5.41, 5.74) is 5.38. The zero-order valence-corrected chi connectivity index (χ0v) is 10.0. The van der Waals surface area contributed by atoms with Gasteiger partial charge in [0.2, 0.25) is 5.89 Å². The van der Waals surface area contributed by atoms with Crippen molar-refractivity contribution in [3.05, 3.63) is 5.89 Å². The minimum Gasteiger partial charge on any atom is -0.415 e. The van der Waals surface area contributed by atoms with Gasteiger partial charge in [0.1, 0.15) is 0 Å². The summed E-state index contributed by atoms with van der Waals surface area (Å²) in [6.07, 6.45) is 5.15. The molecule has 1 aromatic rings. The van der Waals surface area contributed by atoms with Crippen LogP contribution in [0.4, 0.5) is 0 Å². The fraction of sp³-hybridized carbons (Fsp3) is 0.800. The molecule has 2 heterocycles. The number of aromatic nitrogens is 2. The summed E-state index contributed by atoms with van der Waals surface area (Å²) in [5, 5.41) is 8.31. The highest BCUT2D eigenvalue weighted by molar-refractivity contribution is 7.99. The molecular weight excluding hydrogens is 226 g/mol. The Hall–Kier alpha value is -0.590. The van der Waals surface area contributed by atoms with Crippen molar-refractivity contribution in [3.63, 3.8) is 0 Å². The maximum atomic E-state index is 5.55. The van der Waals surface area contributed by atoms with Gasteiger partial charge < -0.3 is 14.9 Å². The third kappa shape index (κ3) is 3.47. The Labute approximate surface area is 99.1 Å². The van der Waals surface area contributed by atoms with Crippen LogP contribution in [-0.2, 0) is 11.3 Å². The highest BCUT2D eigenvalue weighted by atomic mass is 32.2. The van der Waals surface area contributed by atoms with Crippen molar-refractivity contribution in [2.24, 2.45) is 5.73 Å². The van der Waals surface area contributed by atoms with Gasteiger partial charge >= 0.3 is 0 Å². The molecule has 1 unspecified atom stereocenters. The summed E-state index contributed by atoms with van der Waals surface area (Å²) in [4.78, 5) is 0. The first kappa shape index (κ1) is 11.9.